The lowest BCUT2D eigenvalue weighted by Crippen LogP contribution is -2.37. The average Bonchev–Trinajstić information content (AvgIpc) is 3.09. The van der Waals surface area contributed by atoms with Crippen molar-refractivity contribution in [3.05, 3.63) is 48.0 Å². The Hall–Kier alpha value is -6.60. The molecular formula is C35H42N2O18. The molecule has 0 aliphatic rings. The molecule has 2 aromatic carbocycles. The fourth-order valence-electron chi connectivity index (χ4n) is 4.11. The molecule has 0 saturated carbocycles. The van der Waals surface area contributed by atoms with E-state index in [0.717, 1.165) is 33.3 Å². The maximum atomic E-state index is 12.6. The van der Waals surface area contributed by atoms with E-state index >= 15 is 0 Å². The lowest BCUT2D eigenvalue weighted by Gasteiger charge is -2.26. The minimum absolute atomic E-state index is 0.110. The maximum absolute atomic E-state index is 12.6. The van der Waals surface area contributed by atoms with Crippen LogP contribution in [0.1, 0.15) is 33.3 Å². The molecule has 0 radical (unpaired) electrons. The molecule has 0 aromatic heterocycles. The molecule has 0 N–H and O–H groups in total. The molecule has 2 rings (SSSR count). The van der Waals surface area contributed by atoms with Crippen LogP contribution < -0.4 is 19.3 Å². The zero-order valence-corrected chi connectivity index (χ0v) is 30.9. The topological polar surface area (TPSA) is 235 Å². The third kappa shape index (κ3) is 18.6. The molecule has 0 bridgehead atoms. The van der Waals surface area contributed by atoms with E-state index in [1.165, 1.54) is 9.80 Å². The van der Waals surface area contributed by atoms with Gasteiger partial charge in [-0.15, -0.1) is 0 Å². The molecule has 0 saturated heterocycles. The molecule has 2 aromatic rings. The Balaban J connectivity index is 2.24. The number of benzene rings is 2. The molecule has 20 heteroatoms. The van der Waals surface area contributed by atoms with Gasteiger partial charge in [-0.1, -0.05) is 18.2 Å². The molecule has 0 amide bonds. The van der Waals surface area contributed by atoms with Crippen LogP contribution in [0.25, 0.3) is 0 Å². The van der Waals surface area contributed by atoms with Crippen molar-refractivity contribution in [3.8, 4) is 11.5 Å². The van der Waals surface area contributed by atoms with Crippen molar-refractivity contribution < 1.29 is 85.7 Å². The molecule has 0 heterocycles. The van der Waals surface area contributed by atoms with Gasteiger partial charge in [-0.05, 0) is 36.8 Å². The van der Waals surface area contributed by atoms with E-state index in [-0.39, 0.29) is 36.1 Å². The van der Waals surface area contributed by atoms with E-state index in [4.69, 9.17) is 28.4 Å². The summed E-state index contributed by atoms with van der Waals surface area (Å²) in [4.78, 5) is 97.3. The third-order valence-electron chi connectivity index (χ3n) is 6.47. The average molecular weight is 779 g/mol. The molecule has 300 valence electrons. The SMILES string of the molecule is CC(=O)OCOC(=O)CN(CC(=O)OCOC(C)=O)c1ccccc1OCCOc1cc(C)ccc1N(CC(=O)OCOC(C)=O)CC(=O)OCOC(C)=O. The number of ether oxygens (including phenoxy) is 10. The summed E-state index contributed by atoms with van der Waals surface area (Å²) in [6, 6.07) is 11.3. The molecular weight excluding hydrogens is 736 g/mol. The highest BCUT2D eigenvalue weighted by Gasteiger charge is 2.23. The van der Waals surface area contributed by atoms with Crippen molar-refractivity contribution >= 4 is 59.1 Å². The number of rotatable bonds is 23. The van der Waals surface area contributed by atoms with Gasteiger partial charge in [-0.25, -0.2) is 0 Å². The first-order valence-electron chi connectivity index (χ1n) is 16.3. The highest BCUT2D eigenvalue weighted by molar-refractivity contribution is 5.84. The van der Waals surface area contributed by atoms with Crippen LogP contribution in [-0.4, -0.2) is 114 Å². The minimum atomic E-state index is -0.866. The van der Waals surface area contributed by atoms with E-state index in [1.807, 2.05) is 0 Å². The van der Waals surface area contributed by atoms with Gasteiger partial charge in [0.2, 0.25) is 27.2 Å². The van der Waals surface area contributed by atoms with Gasteiger partial charge in [0, 0.05) is 27.7 Å². The fraction of sp³-hybridized carbons (Fsp3) is 0.429. The Labute approximate surface area is 315 Å². The van der Waals surface area contributed by atoms with Crippen LogP contribution in [0.5, 0.6) is 11.5 Å². The number of esters is 8. The Morgan fingerprint density at radius 3 is 1.18 bits per heavy atom. The molecule has 0 unspecified atom stereocenters. The molecule has 0 aliphatic heterocycles. The Morgan fingerprint density at radius 1 is 0.455 bits per heavy atom. The number of para-hydroxylation sites is 2. The van der Waals surface area contributed by atoms with Gasteiger partial charge in [0.05, 0.1) is 11.4 Å². The minimum Gasteiger partial charge on any atom is -0.488 e. The van der Waals surface area contributed by atoms with E-state index in [9.17, 15) is 38.4 Å². The van der Waals surface area contributed by atoms with Crippen molar-refractivity contribution in [2.45, 2.75) is 34.6 Å². The Kier molecular flexibility index (Phi) is 19.3. The second-order valence-corrected chi connectivity index (χ2v) is 10.9. The first-order valence-corrected chi connectivity index (χ1v) is 16.3. The first-order chi connectivity index (χ1) is 26.1. The number of carbonyl (C=O) groups is 8. The third-order valence-corrected chi connectivity index (χ3v) is 6.47. The second-order valence-electron chi connectivity index (χ2n) is 10.9. The van der Waals surface area contributed by atoms with Crippen LogP contribution in [0, 0.1) is 6.92 Å². The summed E-state index contributed by atoms with van der Waals surface area (Å²) in [5.41, 5.74) is 1.25. The Morgan fingerprint density at radius 2 is 0.800 bits per heavy atom. The highest BCUT2D eigenvalue weighted by Crippen LogP contribution is 2.31. The lowest BCUT2D eigenvalue weighted by molar-refractivity contribution is -0.167. The molecule has 0 spiro atoms. The van der Waals surface area contributed by atoms with Crippen LogP contribution in [-0.2, 0) is 76.3 Å². The van der Waals surface area contributed by atoms with Crippen molar-refractivity contribution in [3.63, 3.8) is 0 Å². The number of anilines is 2. The van der Waals surface area contributed by atoms with Gasteiger partial charge >= 0.3 is 47.8 Å². The number of carbonyl (C=O) groups excluding carboxylic acids is 8. The molecule has 0 aliphatic carbocycles. The van der Waals surface area contributed by atoms with Crippen LogP contribution in [0.4, 0.5) is 11.4 Å². The first kappa shape index (κ1) is 44.6. The molecule has 0 fully saturated rings. The van der Waals surface area contributed by atoms with Gasteiger partial charge in [0.25, 0.3) is 0 Å². The summed E-state index contributed by atoms with van der Waals surface area (Å²) >= 11 is 0. The van der Waals surface area contributed by atoms with E-state index in [2.05, 4.69) is 18.9 Å². The van der Waals surface area contributed by atoms with Crippen LogP contribution in [0.2, 0.25) is 0 Å². The van der Waals surface area contributed by atoms with Crippen LogP contribution in [0.15, 0.2) is 42.5 Å². The molecule has 0 atom stereocenters. The summed E-state index contributed by atoms with van der Waals surface area (Å²) in [5, 5.41) is 0. The summed E-state index contributed by atoms with van der Waals surface area (Å²) < 4.78 is 50.3. The largest absolute Gasteiger partial charge is 0.488 e. The van der Waals surface area contributed by atoms with Crippen molar-refractivity contribution in [1.82, 2.24) is 0 Å². The second kappa shape index (κ2) is 23.9. The van der Waals surface area contributed by atoms with Crippen molar-refractivity contribution in [1.29, 1.82) is 0 Å². The quantitative estimate of drug-likeness (QED) is 0.0669. The monoisotopic (exact) mass is 778 g/mol. The lowest BCUT2D eigenvalue weighted by atomic mass is 10.2. The number of aryl methyl sites for hydroxylation is 1. The number of hydrogen-bond acceptors (Lipinski definition) is 20. The maximum Gasteiger partial charge on any atom is 0.328 e. The summed E-state index contributed by atoms with van der Waals surface area (Å²) in [6.45, 7) is 1.38. The van der Waals surface area contributed by atoms with Gasteiger partial charge in [0.15, 0.2) is 0 Å². The van der Waals surface area contributed by atoms with E-state index in [0.29, 0.717) is 0 Å². The molecule has 20 nitrogen and oxygen atoms in total. The summed E-state index contributed by atoms with van der Waals surface area (Å²) in [6.07, 6.45) is 0. The van der Waals surface area contributed by atoms with Crippen molar-refractivity contribution in [2.75, 3.05) is 76.4 Å². The summed E-state index contributed by atoms with van der Waals surface area (Å²) in [5.74, 6) is -5.76. The van der Waals surface area contributed by atoms with Gasteiger partial charge < -0.3 is 57.2 Å². The highest BCUT2D eigenvalue weighted by atomic mass is 16.7. The van der Waals surface area contributed by atoms with E-state index in [1.54, 1.807) is 49.4 Å². The standard InChI is InChI=1S/C35H42N2O18/c1-23-10-11-29(37(17-34(44)54-21-50-26(4)40)18-35(45)55-22-51-27(5)41)31(14-23)47-13-12-46-30-9-7-6-8-28(30)36(15-32(42)52-19-48-24(2)38)16-33(43)53-20-49-25(3)39/h6-11,14H,12-13,15-22H2,1-5H3. The van der Waals surface area contributed by atoms with E-state index < -0.39 is 101 Å². The van der Waals surface area contributed by atoms with Gasteiger partial charge in [-0.2, -0.15) is 0 Å². The Bertz CT molecular complexity index is 1590. The predicted molar refractivity (Wildman–Crippen MR) is 184 cm³/mol. The van der Waals surface area contributed by atoms with Crippen molar-refractivity contribution in [2.24, 2.45) is 0 Å². The molecule has 55 heavy (non-hydrogen) atoms. The zero-order valence-electron chi connectivity index (χ0n) is 30.9. The summed E-state index contributed by atoms with van der Waals surface area (Å²) in [7, 11) is 0. The zero-order chi connectivity index (χ0) is 40.8. The van der Waals surface area contributed by atoms with Crippen LogP contribution >= 0.6 is 0 Å². The van der Waals surface area contributed by atoms with Crippen LogP contribution in [0.3, 0.4) is 0 Å². The fourth-order valence-corrected chi connectivity index (χ4v) is 4.11. The normalized spacial score (nSPS) is 10.1. The number of nitrogens with zero attached hydrogens (tertiary/aromatic N) is 2. The van der Waals surface area contributed by atoms with Gasteiger partial charge in [-0.3, -0.25) is 38.4 Å². The van der Waals surface area contributed by atoms with Gasteiger partial charge in [0.1, 0.15) is 50.9 Å². The number of hydrogen-bond donors (Lipinski definition) is 0. The smallest absolute Gasteiger partial charge is 0.328 e. The predicted octanol–water partition coefficient (Wildman–Crippen LogP) is 1.32.